The average molecular weight is 243 g/mol. The summed E-state index contributed by atoms with van der Waals surface area (Å²) in [6.45, 7) is -0.453. The third kappa shape index (κ3) is 2.03. The number of nitrogens with two attached hydrogens (primary N) is 1. The molecular weight excluding hydrogens is 230 g/mol. The van der Waals surface area contributed by atoms with Crippen LogP contribution in [0.5, 0.6) is 0 Å². The fourth-order valence-corrected chi connectivity index (χ4v) is 1.73. The van der Waals surface area contributed by atoms with Gasteiger partial charge in [0.25, 0.3) is 5.56 Å². The summed E-state index contributed by atoms with van der Waals surface area (Å²) in [5.74, 6) is 0.0537. The van der Waals surface area contributed by atoms with E-state index in [0.29, 0.717) is 0 Å². The molecule has 1 aromatic heterocycles. The number of nitrogens with zero attached hydrogens (tertiary/aromatic N) is 2. The van der Waals surface area contributed by atoms with E-state index < -0.39 is 36.7 Å². The molecule has 5 N–H and O–H groups in total. The Morgan fingerprint density at radius 1 is 1.47 bits per heavy atom. The first-order valence-electron chi connectivity index (χ1n) is 5.00. The second kappa shape index (κ2) is 4.41. The molecule has 0 unspecified atom stereocenters. The largest absolute Gasteiger partial charge is 0.394 e. The van der Waals surface area contributed by atoms with Gasteiger partial charge in [-0.2, -0.15) is 0 Å². The van der Waals surface area contributed by atoms with Crippen molar-refractivity contribution in [3.63, 3.8) is 0 Å². The van der Waals surface area contributed by atoms with Crippen LogP contribution < -0.4 is 11.3 Å². The molecule has 1 aromatic rings. The van der Waals surface area contributed by atoms with Gasteiger partial charge in [0.1, 0.15) is 30.5 Å². The highest BCUT2D eigenvalue weighted by Crippen LogP contribution is 2.27. The Morgan fingerprint density at radius 2 is 2.18 bits per heavy atom. The van der Waals surface area contributed by atoms with Crippen LogP contribution in [0.25, 0.3) is 0 Å². The van der Waals surface area contributed by atoms with E-state index in [-0.39, 0.29) is 5.82 Å². The van der Waals surface area contributed by atoms with Gasteiger partial charge in [-0.05, 0) is 0 Å². The molecule has 0 radical (unpaired) electrons. The number of hydrogen-bond donors (Lipinski definition) is 4. The van der Waals surface area contributed by atoms with Crippen LogP contribution in [0.3, 0.4) is 0 Å². The summed E-state index contributed by atoms with van der Waals surface area (Å²) in [5.41, 5.74) is 4.82. The molecular formula is C9H13N3O5. The van der Waals surface area contributed by atoms with Crippen molar-refractivity contribution in [2.75, 3.05) is 12.3 Å². The molecule has 0 aromatic carbocycles. The van der Waals surface area contributed by atoms with E-state index >= 15 is 0 Å². The smallest absolute Gasteiger partial charge is 0.257 e. The standard InChI is InChI=1S/C9H13N3O5/c10-5-1-6(14)12(3-11-5)9-8(16)7(15)4(2-13)17-9/h1,3-4,7-9,13,15-16H,2,10H2/t4-,7+,8+,9-/m0/s1. The molecule has 2 heterocycles. The van der Waals surface area contributed by atoms with Gasteiger partial charge in [0.15, 0.2) is 6.23 Å². The number of rotatable bonds is 2. The Hall–Kier alpha value is -1.48. The van der Waals surface area contributed by atoms with Crippen molar-refractivity contribution in [2.24, 2.45) is 0 Å². The molecule has 0 spiro atoms. The van der Waals surface area contributed by atoms with E-state index in [1.165, 1.54) is 0 Å². The van der Waals surface area contributed by atoms with Crippen LogP contribution in [0.15, 0.2) is 17.2 Å². The van der Waals surface area contributed by atoms with Gasteiger partial charge < -0.3 is 25.8 Å². The van der Waals surface area contributed by atoms with E-state index in [4.69, 9.17) is 15.6 Å². The topological polar surface area (TPSA) is 131 Å². The molecule has 0 amide bonds. The predicted octanol–water partition coefficient (Wildman–Crippen LogP) is -2.56. The van der Waals surface area contributed by atoms with Crippen molar-refractivity contribution in [1.29, 1.82) is 0 Å². The minimum Gasteiger partial charge on any atom is -0.394 e. The van der Waals surface area contributed by atoms with Gasteiger partial charge in [0.05, 0.1) is 6.61 Å². The van der Waals surface area contributed by atoms with Crippen LogP contribution in [0, 0.1) is 0 Å². The monoisotopic (exact) mass is 243 g/mol. The highest BCUT2D eigenvalue weighted by Gasteiger charge is 2.43. The number of anilines is 1. The second-order valence-electron chi connectivity index (χ2n) is 3.79. The summed E-state index contributed by atoms with van der Waals surface area (Å²) in [5, 5.41) is 28.2. The number of aliphatic hydroxyl groups is 3. The zero-order valence-electron chi connectivity index (χ0n) is 8.80. The highest BCUT2D eigenvalue weighted by atomic mass is 16.6. The molecule has 1 aliphatic rings. The van der Waals surface area contributed by atoms with Crippen LogP contribution in [0.2, 0.25) is 0 Å². The van der Waals surface area contributed by atoms with Crippen LogP contribution in [0.1, 0.15) is 6.23 Å². The maximum atomic E-state index is 11.6. The Balaban J connectivity index is 2.32. The molecule has 1 saturated heterocycles. The molecule has 0 aliphatic carbocycles. The first-order chi connectivity index (χ1) is 8.04. The predicted molar refractivity (Wildman–Crippen MR) is 55.9 cm³/mol. The van der Waals surface area contributed by atoms with Gasteiger partial charge in [-0.25, -0.2) is 4.98 Å². The van der Waals surface area contributed by atoms with E-state index in [2.05, 4.69) is 4.98 Å². The number of hydrogen-bond acceptors (Lipinski definition) is 7. The van der Waals surface area contributed by atoms with Gasteiger partial charge >= 0.3 is 0 Å². The lowest BCUT2D eigenvalue weighted by molar-refractivity contribution is -0.0548. The normalized spacial score (nSPS) is 32.9. The quantitative estimate of drug-likeness (QED) is 0.449. The third-order valence-electron chi connectivity index (χ3n) is 2.65. The van der Waals surface area contributed by atoms with Crippen LogP contribution in [0.4, 0.5) is 5.82 Å². The van der Waals surface area contributed by atoms with Crippen LogP contribution >= 0.6 is 0 Å². The molecule has 17 heavy (non-hydrogen) atoms. The molecule has 8 nitrogen and oxygen atoms in total. The van der Waals surface area contributed by atoms with E-state index in [9.17, 15) is 15.0 Å². The summed E-state index contributed by atoms with van der Waals surface area (Å²) in [7, 11) is 0. The zero-order valence-corrected chi connectivity index (χ0v) is 8.80. The molecule has 1 fully saturated rings. The van der Waals surface area contributed by atoms with Crippen molar-refractivity contribution in [1.82, 2.24) is 9.55 Å². The summed E-state index contributed by atoms with van der Waals surface area (Å²) < 4.78 is 6.19. The van der Waals surface area contributed by atoms with Gasteiger partial charge in [-0.1, -0.05) is 0 Å². The maximum Gasteiger partial charge on any atom is 0.257 e. The zero-order chi connectivity index (χ0) is 12.6. The number of aliphatic hydroxyl groups excluding tert-OH is 3. The lowest BCUT2D eigenvalue weighted by atomic mass is 10.1. The second-order valence-corrected chi connectivity index (χ2v) is 3.79. The van der Waals surface area contributed by atoms with Crippen LogP contribution in [-0.4, -0.2) is 49.8 Å². The molecule has 2 rings (SSSR count). The maximum absolute atomic E-state index is 11.6. The lowest BCUT2D eigenvalue weighted by Crippen LogP contribution is -2.35. The lowest BCUT2D eigenvalue weighted by Gasteiger charge is -2.16. The van der Waals surface area contributed by atoms with E-state index in [1.807, 2.05) is 0 Å². The van der Waals surface area contributed by atoms with E-state index in [1.54, 1.807) is 0 Å². The van der Waals surface area contributed by atoms with Gasteiger partial charge in [-0.15, -0.1) is 0 Å². The van der Waals surface area contributed by atoms with Crippen molar-refractivity contribution >= 4 is 5.82 Å². The highest BCUT2D eigenvalue weighted by molar-refractivity contribution is 5.23. The van der Waals surface area contributed by atoms with Crippen molar-refractivity contribution < 1.29 is 20.1 Å². The molecule has 94 valence electrons. The fourth-order valence-electron chi connectivity index (χ4n) is 1.73. The van der Waals surface area contributed by atoms with E-state index in [0.717, 1.165) is 17.0 Å². The van der Waals surface area contributed by atoms with Crippen molar-refractivity contribution in [3.05, 3.63) is 22.7 Å². The summed E-state index contributed by atoms with van der Waals surface area (Å²) in [4.78, 5) is 15.3. The fraction of sp³-hybridized carbons (Fsp3) is 0.556. The first kappa shape index (κ1) is 12.0. The number of aromatic nitrogens is 2. The summed E-state index contributed by atoms with van der Waals surface area (Å²) >= 11 is 0. The van der Waals surface area contributed by atoms with Gasteiger partial charge in [0.2, 0.25) is 0 Å². The van der Waals surface area contributed by atoms with Crippen molar-refractivity contribution in [2.45, 2.75) is 24.5 Å². The Kier molecular flexibility index (Phi) is 3.11. The Bertz CT molecular complexity index is 462. The average Bonchev–Trinajstić information content (AvgIpc) is 2.57. The molecule has 0 saturated carbocycles. The van der Waals surface area contributed by atoms with Crippen LogP contribution in [-0.2, 0) is 4.74 Å². The summed E-state index contributed by atoms with van der Waals surface area (Å²) in [6, 6.07) is 1.08. The minimum atomic E-state index is -1.31. The third-order valence-corrected chi connectivity index (χ3v) is 2.65. The molecule has 1 aliphatic heterocycles. The van der Waals surface area contributed by atoms with Gasteiger partial charge in [0, 0.05) is 6.07 Å². The Morgan fingerprint density at radius 3 is 2.71 bits per heavy atom. The minimum absolute atomic E-state index is 0.0537. The Labute approximate surface area is 95.9 Å². The SMILES string of the molecule is Nc1cc(=O)n([C@H]2O[C@@H](CO)[C@@H](O)[C@H]2O)cn1. The number of ether oxygens (including phenoxy) is 1. The summed E-state index contributed by atoms with van der Waals surface area (Å²) in [6.07, 6.45) is -3.45. The molecule has 8 heteroatoms. The first-order valence-corrected chi connectivity index (χ1v) is 5.00. The van der Waals surface area contributed by atoms with Crippen molar-refractivity contribution in [3.8, 4) is 0 Å². The van der Waals surface area contributed by atoms with Gasteiger partial charge in [-0.3, -0.25) is 9.36 Å². The molecule has 4 atom stereocenters. The molecule has 0 bridgehead atoms. The number of nitrogen functional groups attached to an aromatic ring is 1.